The van der Waals surface area contributed by atoms with E-state index >= 15 is 0 Å². The number of hydrogen-bond acceptors (Lipinski definition) is 4. The average Bonchev–Trinajstić information content (AvgIpc) is 3.10. The molecule has 0 spiro atoms. The van der Waals surface area contributed by atoms with E-state index in [1.807, 2.05) is 18.2 Å². The molecule has 0 radical (unpaired) electrons. The molecule has 3 rings (SSSR count). The van der Waals surface area contributed by atoms with Gasteiger partial charge in [-0.3, -0.25) is 4.90 Å². The zero-order chi connectivity index (χ0) is 13.4. The van der Waals surface area contributed by atoms with Gasteiger partial charge in [0.25, 0.3) is 0 Å². The molecule has 1 fully saturated rings. The third-order valence-electron chi connectivity index (χ3n) is 3.46. The van der Waals surface area contributed by atoms with Crippen molar-refractivity contribution in [2.45, 2.75) is 39.3 Å². The molecule has 0 bridgehead atoms. The van der Waals surface area contributed by atoms with E-state index in [1.54, 1.807) is 0 Å². The molecule has 1 heterocycles. The van der Waals surface area contributed by atoms with Crippen molar-refractivity contribution in [3.63, 3.8) is 0 Å². The van der Waals surface area contributed by atoms with Gasteiger partial charge in [0, 0.05) is 24.3 Å². The van der Waals surface area contributed by atoms with Crippen LogP contribution in [0.2, 0.25) is 0 Å². The zero-order valence-electron chi connectivity index (χ0n) is 11.6. The maximum absolute atomic E-state index is 5.81. The molecular formula is C15H21N3O. The number of rotatable bonds is 5. The van der Waals surface area contributed by atoms with Gasteiger partial charge in [-0.1, -0.05) is 13.8 Å². The lowest BCUT2D eigenvalue weighted by molar-refractivity contribution is 0.207. The monoisotopic (exact) mass is 259 g/mol. The van der Waals surface area contributed by atoms with Crippen LogP contribution in [0.5, 0.6) is 0 Å². The Labute approximate surface area is 113 Å². The van der Waals surface area contributed by atoms with Gasteiger partial charge < -0.3 is 10.2 Å². The minimum atomic E-state index is 0.667. The summed E-state index contributed by atoms with van der Waals surface area (Å²) in [6.45, 7) is 6.41. The Kier molecular flexibility index (Phi) is 3.19. The third-order valence-corrected chi connectivity index (χ3v) is 3.46. The quantitative estimate of drug-likeness (QED) is 0.839. The molecule has 0 unspecified atom stereocenters. The van der Waals surface area contributed by atoms with E-state index in [4.69, 9.17) is 10.2 Å². The first-order valence-electron chi connectivity index (χ1n) is 7.01. The van der Waals surface area contributed by atoms with Crippen molar-refractivity contribution in [1.82, 2.24) is 9.88 Å². The molecule has 0 saturated heterocycles. The smallest absolute Gasteiger partial charge is 0.209 e. The number of hydrogen-bond donors (Lipinski definition) is 1. The number of aromatic nitrogens is 1. The van der Waals surface area contributed by atoms with E-state index in [9.17, 15) is 0 Å². The lowest BCUT2D eigenvalue weighted by atomic mass is 10.2. The summed E-state index contributed by atoms with van der Waals surface area (Å²) in [7, 11) is 0. The number of nitrogens with two attached hydrogens (primary N) is 1. The first-order valence-corrected chi connectivity index (χ1v) is 7.01. The predicted molar refractivity (Wildman–Crippen MR) is 76.7 cm³/mol. The highest BCUT2D eigenvalue weighted by atomic mass is 16.3. The summed E-state index contributed by atoms with van der Waals surface area (Å²) in [5.41, 5.74) is 8.16. The van der Waals surface area contributed by atoms with Crippen LogP contribution in [0.1, 0.15) is 32.6 Å². The van der Waals surface area contributed by atoms with Gasteiger partial charge in [-0.05, 0) is 30.9 Å². The van der Waals surface area contributed by atoms with Gasteiger partial charge >= 0.3 is 0 Å². The van der Waals surface area contributed by atoms with Crippen molar-refractivity contribution >= 4 is 16.8 Å². The van der Waals surface area contributed by atoms with Crippen molar-refractivity contribution in [2.75, 3.05) is 12.3 Å². The van der Waals surface area contributed by atoms with Gasteiger partial charge in [0.1, 0.15) is 5.52 Å². The molecule has 4 nitrogen and oxygen atoms in total. The fraction of sp³-hybridized carbons (Fsp3) is 0.533. The number of anilines is 1. The SMILES string of the molecule is CC(C)CN(Cc1nc2ccc(N)cc2o1)C1CC1. The van der Waals surface area contributed by atoms with Crippen molar-refractivity contribution in [3.8, 4) is 0 Å². The van der Waals surface area contributed by atoms with Crippen LogP contribution >= 0.6 is 0 Å². The van der Waals surface area contributed by atoms with Crippen LogP contribution in [0.25, 0.3) is 11.1 Å². The standard InChI is InChI=1S/C15H21N3O/c1-10(2)8-18(12-4-5-12)9-15-17-13-6-3-11(16)7-14(13)19-15/h3,6-7,10,12H,4-5,8-9,16H2,1-2H3. The number of oxazole rings is 1. The number of nitrogens with zero attached hydrogens (tertiary/aromatic N) is 2. The Morgan fingerprint density at radius 1 is 1.42 bits per heavy atom. The first-order chi connectivity index (χ1) is 9.11. The second-order valence-corrected chi connectivity index (χ2v) is 5.89. The van der Waals surface area contributed by atoms with Gasteiger partial charge in [-0.25, -0.2) is 4.98 Å². The Morgan fingerprint density at radius 3 is 2.89 bits per heavy atom. The molecule has 1 aliphatic carbocycles. The molecule has 1 saturated carbocycles. The van der Waals surface area contributed by atoms with E-state index in [0.29, 0.717) is 5.92 Å². The van der Waals surface area contributed by atoms with Gasteiger partial charge in [-0.15, -0.1) is 0 Å². The van der Waals surface area contributed by atoms with E-state index in [0.717, 1.165) is 41.8 Å². The minimum Gasteiger partial charge on any atom is -0.439 e. The van der Waals surface area contributed by atoms with Crippen LogP contribution in [0.3, 0.4) is 0 Å². The number of fused-ring (bicyclic) bond motifs is 1. The first kappa shape index (κ1) is 12.5. The molecule has 2 N–H and O–H groups in total. The number of benzene rings is 1. The number of nitrogen functional groups attached to an aromatic ring is 1. The molecule has 0 amide bonds. The maximum Gasteiger partial charge on any atom is 0.209 e. The zero-order valence-corrected chi connectivity index (χ0v) is 11.6. The molecule has 4 heteroatoms. The van der Waals surface area contributed by atoms with Crippen LogP contribution in [0.15, 0.2) is 22.6 Å². The predicted octanol–water partition coefficient (Wildman–Crippen LogP) is 3.03. The van der Waals surface area contributed by atoms with Crippen molar-refractivity contribution in [1.29, 1.82) is 0 Å². The van der Waals surface area contributed by atoms with E-state index < -0.39 is 0 Å². The molecular weight excluding hydrogens is 238 g/mol. The van der Waals surface area contributed by atoms with Crippen molar-refractivity contribution < 1.29 is 4.42 Å². The summed E-state index contributed by atoms with van der Waals surface area (Å²) < 4.78 is 5.81. The van der Waals surface area contributed by atoms with Gasteiger partial charge in [0.05, 0.1) is 6.54 Å². The lowest BCUT2D eigenvalue weighted by Crippen LogP contribution is -2.29. The van der Waals surface area contributed by atoms with Crippen LogP contribution < -0.4 is 5.73 Å². The molecule has 2 aromatic rings. The highest BCUT2D eigenvalue weighted by molar-refractivity contribution is 5.76. The topological polar surface area (TPSA) is 55.3 Å². The molecule has 0 atom stereocenters. The molecule has 0 aliphatic heterocycles. The summed E-state index contributed by atoms with van der Waals surface area (Å²) in [5, 5.41) is 0. The normalized spacial score (nSPS) is 15.8. The second-order valence-electron chi connectivity index (χ2n) is 5.89. The molecule has 102 valence electrons. The molecule has 1 aliphatic rings. The van der Waals surface area contributed by atoms with E-state index in [2.05, 4.69) is 23.7 Å². The Morgan fingerprint density at radius 2 is 2.21 bits per heavy atom. The van der Waals surface area contributed by atoms with Crippen LogP contribution in [-0.4, -0.2) is 22.5 Å². The third kappa shape index (κ3) is 2.89. The van der Waals surface area contributed by atoms with Crippen LogP contribution in [0.4, 0.5) is 5.69 Å². The van der Waals surface area contributed by atoms with Crippen LogP contribution in [-0.2, 0) is 6.54 Å². The largest absolute Gasteiger partial charge is 0.439 e. The van der Waals surface area contributed by atoms with Crippen molar-refractivity contribution in [3.05, 3.63) is 24.1 Å². The summed E-state index contributed by atoms with van der Waals surface area (Å²) in [5.74, 6) is 1.47. The molecule has 1 aromatic heterocycles. The van der Waals surface area contributed by atoms with Gasteiger partial charge in [0.15, 0.2) is 5.58 Å². The molecule has 19 heavy (non-hydrogen) atoms. The lowest BCUT2D eigenvalue weighted by Gasteiger charge is -2.22. The highest BCUT2D eigenvalue weighted by Gasteiger charge is 2.30. The molecule has 1 aromatic carbocycles. The maximum atomic E-state index is 5.81. The van der Waals surface area contributed by atoms with Crippen LogP contribution in [0, 0.1) is 5.92 Å². The fourth-order valence-electron chi connectivity index (χ4n) is 2.48. The minimum absolute atomic E-state index is 0.667. The summed E-state index contributed by atoms with van der Waals surface area (Å²) >= 11 is 0. The Bertz CT molecular complexity index is 572. The summed E-state index contributed by atoms with van der Waals surface area (Å²) in [6.07, 6.45) is 2.61. The fourth-order valence-corrected chi connectivity index (χ4v) is 2.48. The summed E-state index contributed by atoms with van der Waals surface area (Å²) in [6, 6.07) is 6.35. The Balaban J connectivity index is 1.79. The Hall–Kier alpha value is -1.55. The van der Waals surface area contributed by atoms with Gasteiger partial charge in [0.2, 0.25) is 5.89 Å². The summed E-state index contributed by atoms with van der Waals surface area (Å²) in [4.78, 5) is 7.03. The van der Waals surface area contributed by atoms with E-state index in [1.165, 1.54) is 12.8 Å². The average molecular weight is 259 g/mol. The second kappa shape index (κ2) is 4.85. The van der Waals surface area contributed by atoms with Gasteiger partial charge in [-0.2, -0.15) is 0 Å². The van der Waals surface area contributed by atoms with E-state index in [-0.39, 0.29) is 0 Å². The van der Waals surface area contributed by atoms with Crippen molar-refractivity contribution in [2.24, 2.45) is 5.92 Å². The highest BCUT2D eigenvalue weighted by Crippen LogP contribution is 2.29.